The van der Waals surface area contributed by atoms with Gasteiger partial charge in [-0.25, -0.2) is 0 Å². The first-order chi connectivity index (χ1) is 16.7. The van der Waals surface area contributed by atoms with Crippen LogP contribution in [-0.2, 0) is 0 Å². The van der Waals surface area contributed by atoms with Crippen LogP contribution >= 0.6 is 0 Å². The van der Waals surface area contributed by atoms with E-state index in [1.54, 1.807) is 30.6 Å². The van der Waals surface area contributed by atoms with Gasteiger partial charge in [0.2, 0.25) is 5.96 Å². The van der Waals surface area contributed by atoms with E-state index in [2.05, 4.69) is 20.6 Å². The van der Waals surface area contributed by atoms with Crippen LogP contribution in [-0.4, -0.2) is 29.0 Å². The molecule has 2 N–H and O–H groups in total. The fraction of sp³-hybridized carbons (Fsp3) is 0.480. The smallest absolute Gasteiger partial charge is 0.310 e. The summed E-state index contributed by atoms with van der Waals surface area (Å²) in [5, 5.41) is 25.5. The molecule has 0 spiro atoms. The van der Waals surface area contributed by atoms with Crippen molar-refractivity contribution in [3.63, 3.8) is 0 Å². The first-order valence-corrected chi connectivity index (χ1v) is 11.9. The Bertz CT molecular complexity index is 914. The molecule has 1 aromatic carbocycles. The average Bonchev–Trinajstić information content (AvgIpc) is 2.85. The lowest BCUT2D eigenvalue weighted by molar-refractivity contribution is -0.385. The van der Waals surface area contributed by atoms with Crippen molar-refractivity contribution in [3.05, 3.63) is 58.9 Å². The Morgan fingerprint density at radius 1 is 0.971 bits per heavy atom. The molecule has 0 radical (unpaired) electrons. The number of rotatable bonds is 16. The highest BCUT2D eigenvalue weighted by Crippen LogP contribution is 2.26. The summed E-state index contributed by atoms with van der Waals surface area (Å²) in [4.78, 5) is 19.0. The van der Waals surface area contributed by atoms with E-state index in [1.807, 2.05) is 18.3 Å². The molecule has 0 aliphatic rings. The number of nitrogens with one attached hydrogen (secondary N) is 2. The minimum Gasteiger partial charge on any atom is -0.487 e. The highest BCUT2D eigenvalue weighted by molar-refractivity contribution is 5.94. The third kappa shape index (κ3) is 11.3. The average molecular weight is 467 g/mol. The molecule has 9 nitrogen and oxygen atoms in total. The Morgan fingerprint density at radius 3 is 2.24 bits per heavy atom. The van der Waals surface area contributed by atoms with Crippen molar-refractivity contribution in [1.29, 1.82) is 5.26 Å². The third-order valence-electron chi connectivity index (χ3n) is 5.26. The van der Waals surface area contributed by atoms with Crippen molar-refractivity contribution >= 4 is 17.3 Å². The van der Waals surface area contributed by atoms with Crippen LogP contribution in [0, 0.1) is 21.6 Å². The number of hydrogen-bond acceptors (Lipinski definition) is 6. The van der Waals surface area contributed by atoms with Crippen molar-refractivity contribution in [1.82, 2.24) is 10.3 Å². The lowest BCUT2D eigenvalue weighted by Gasteiger charge is -2.07. The van der Waals surface area contributed by atoms with Gasteiger partial charge in [0, 0.05) is 30.7 Å². The molecule has 0 amide bonds. The van der Waals surface area contributed by atoms with E-state index in [0.29, 0.717) is 24.9 Å². The van der Waals surface area contributed by atoms with Gasteiger partial charge in [-0.2, -0.15) is 5.26 Å². The Labute approximate surface area is 201 Å². The number of nitro groups is 1. The second-order valence-electron chi connectivity index (χ2n) is 7.94. The summed E-state index contributed by atoms with van der Waals surface area (Å²) in [6, 6.07) is 10.1. The van der Waals surface area contributed by atoms with Gasteiger partial charge in [-0.3, -0.25) is 25.4 Å². The van der Waals surface area contributed by atoms with Gasteiger partial charge in [0.25, 0.3) is 0 Å². The Kier molecular flexibility index (Phi) is 13.2. The highest BCUT2D eigenvalue weighted by atomic mass is 16.6. The van der Waals surface area contributed by atoms with E-state index >= 15 is 0 Å². The molecular formula is C25H34N6O3. The summed E-state index contributed by atoms with van der Waals surface area (Å²) in [7, 11) is 0. The second kappa shape index (κ2) is 16.9. The van der Waals surface area contributed by atoms with E-state index < -0.39 is 4.92 Å². The number of aliphatic imine (C=N–C) groups is 1. The van der Waals surface area contributed by atoms with E-state index in [1.165, 1.54) is 38.2 Å². The Morgan fingerprint density at radius 2 is 1.59 bits per heavy atom. The number of hydrogen-bond donors (Lipinski definition) is 2. The number of guanidine groups is 1. The zero-order valence-corrected chi connectivity index (χ0v) is 19.6. The maximum absolute atomic E-state index is 11.0. The number of nitro benzene ring substituents is 1. The van der Waals surface area contributed by atoms with Crippen molar-refractivity contribution in [2.45, 2.75) is 64.2 Å². The first kappa shape index (κ1) is 26.6. The summed E-state index contributed by atoms with van der Waals surface area (Å²) in [6.07, 6.45) is 16.6. The second-order valence-corrected chi connectivity index (χ2v) is 7.94. The van der Waals surface area contributed by atoms with Gasteiger partial charge in [0.15, 0.2) is 11.9 Å². The van der Waals surface area contributed by atoms with Crippen LogP contribution in [0.4, 0.5) is 11.4 Å². The maximum atomic E-state index is 11.0. The predicted octanol–water partition coefficient (Wildman–Crippen LogP) is 5.81. The molecule has 2 rings (SSSR count). The van der Waals surface area contributed by atoms with Crippen LogP contribution in [0.2, 0.25) is 0 Å². The summed E-state index contributed by atoms with van der Waals surface area (Å²) >= 11 is 0. The number of unbranched alkanes of at least 4 members (excludes halogenated alkanes) is 9. The predicted molar refractivity (Wildman–Crippen MR) is 134 cm³/mol. The summed E-state index contributed by atoms with van der Waals surface area (Å²) in [5.41, 5.74) is 0.861. The molecule has 2 aromatic rings. The highest BCUT2D eigenvalue weighted by Gasteiger charge is 2.12. The van der Waals surface area contributed by atoms with Gasteiger partial charge in [-0.1, -0.05) is 63.5 Å². The lowest BCUT2D eigenvalue weighted by atomic mass is 10.1. The zero-order chi connectivity index (χ0) is 24.3. The number of anilines is 1. The molecular weight excluding hydrogens is 432 g/mol. The molecule has 9 heteroatoms. The van der Waals surface area contributed by atoms with Gasteiger partial charge >= 0.3 is 5.69 Å². The largest absolute Gasteiger partial charge is 0.487 e. The quantitative estimate of drug-likeness (QED) is 0.0608. The van der Waals surface area contributed by atoms with Crippen LogP contribution in [0.3, 0.4) is 0 Å². The van der Waals surface area contributed by atoms with Crippen LogP contribution in [0.15, 0.2) is 53.8 Å². The van der Waals surface area contributed by atoms with Gasteiger partial charge in [-0.15, -0.1) is 0 Å². The van der Waals surface area contributed by atoms with Gasteiger partial charge in [-0.05, 0) is 31.0 Å². The summed E-state index contributed by atoms with van der Waals surface area (Å²) in [5.74, 6) is 0.807. The Hall–Kier alpha value is -3.67. The lowest BCUT2D eigenvalue weighted by Crippen LogP contribution is -2.27. The maximum Gasteiger partial charge on any atom is 0.310 e. The number of pyridine rings is 1. The number of nitriles is 1. The number of para-hydroxylation sites is 2. The summed E-state index contributed by atoms with van der Waals surface area (Å²) < 4.78 is 5.57. The van der Waals surface area contributed by atoms with Gasteiger partial charge in [0.05, 0.1) is 11.5 Å². The molecule has 0 bridgehead atoms. The molecule has 0 fully saturated rings. The number of ether oxygens (including phenoxy) is 1. The van der Waals surface area contributed by atoms with Crippen molar-refractivity contribution < 1.29 is 9.66 Å². The standard InChI is InChI=1S/C25H34N6O3/c26-21-29-25(30-22-15-18-27-19-16-22)28-17-11-7-5-3-1-2-4-6-8-12-20-34-24-14-10-9-13-23(24)31(32)33/h9-10,13-16,18-19H,1-8,11-12,17,20H2,(H2,27,28,29,30). The molecule has 0 saturated carbocycles. The topological polar surface area (TPSA) is 125 Å². The van der Waals surface area contributed by atoms with E-state index in [4.69, 9.17) is 10.00 Å². The zero-order valence-electron chi connectivity index (χ0n) is 19.6. The molecule has 0 atom stereocenters. The van der Waals surface area contributed by atoms with E-state index in [0.717, 1.165) is 37.8 Å². The molecule has 1 heterocycles. The number of nitrogens with zero attached hydrogens (tertiary/aromatic N) is 4. The monoisotopic (exact) mass is 466 g/mol. The van der Waals surface area contributed by atoms with Gasteiger partial charge in [0.1, 0.15) is 0 Å². The molecule has 0 unspecified atom stereocenters. The minimum absolute atomic E-state index is 0.0233. The molecule has 0 aliphatic heterocycles. The Balaban J connectivity index is 1.43. The van der Waals surface area contributed by atoms with Crippen LogP contribution in [0.25, 0.3) is 0 Å². The first-order valence-electron chi connectivity index (χ1n) is 11.9. The normalized spacial score (nSPS) is 11.0. The molecule has 1 aromatic heterocycles. The fourth-order valence-corrected chi connectivity index (χ4v) is 3.47. The third-order valence-corrected chi connectivity index (χ3v) is 5.26. The SMILES string of the molecule is N#CNC(=NCCCCCCCCCCCCOc1ccccc1[N+](=O)[O-])Nc1ccncc1. The van der Waals surface area contributed by atoms with Crippen molar-refractivity contribution in [3.8, 4) is 11.9 Å². The van der Waals surface area contributed by atoms with Crippen LogP contribution in [0.5, 0.6) is 5.75 Å². The number of benzene rings is 1. The molecule has 0 saturated heterocycles. The van der Waals surface area contributed by atoms with Crippen molar-refractivity contribution in [2.24, 2.45) is 4.99 Å². The van der Waals surface area contributed by atoms with Crippen LogP contribution in [0.1, 0.15) is 64.2 Å². The van der Waals surface area contributed by atoms with Crippen molar-refractivity contribution in [2.75, 3.05) is 18.5 Å². The van der Waals surface area contributed by atoms with E-state index in [9.17, 15) is 10.1 Å². The molecule has 34 heavy (non-hydrogen) atoms. The van der Waals surface area contributed by atoms with E-state index in [-0.39, 0.29) is 5.69 Å². The minimum atomic E-state index is -0.410. The van der Waals surface area contributed by atoms with Gasteiger partial charge < -0.3 is 10.1 Å². The molecule has 182 valence electrons. The summed E-state index contributed by atoms with van der Waals surface area (Å²) in [6.45, 7) is 1.19. The molecule has 0 aliphatic carbocycles. The van der Waals surface area contributed by atoms with Crippen LogP contribution < -0.4 is 15.4 Å². The number of aromatic nitrogens is 1. The fourth-order valence-electron chi connectivity index (χ4n) is 3.47.